The molecule has 1 aromatic carbocycles. The summed E-state index contributed by atoms with van der Waals surface area (Å²) >= 11 is 0. The molecule has 150 valence electrons. The number of hydrogen-bond acceptors (Lipinski definition) is 6. The Hall–Kier alpha value is -3.15. The topological polar surface area (TPSA) is 48.4 Å². The molecule has 4 rings (SSSR count). The third-order valence-corrected chi connectivity index (χ3v) is 5.29. The van der Waals surface area contributed by atoms with Gasteiger partial charge in [0.1, 0.15) is 23.3 Å². The molecule has 1 aliphatic heterocycles. The minimum atomic E-state index is 0.802. The molecule has 0 spiro atoms. The van der Waals surface area contributed by atoms with Crippen molar-refractivity contribution in [1.29, 1.82) is 0 Å². The van der Waals surface area contributed by atoms with E-state index in [1.165, 1.54) is 5.56 Å². The van der Waals surface area contributed by atoms with E-state index in [1.54, 1.807) is 0 Å². The minimum absolute atomic E-state index is 0.802. The Morgan fingerprint density at radius 1 is 0.862 bits per heavy atom. The number of anilines is 4. The number of nitrogens with zero attached hydrogens (tertiary/aromatic N) is 6. The molecule has 2 aromatic heterocycles. The lowest BCUT2D eigenvalue weighted by molar-refractivity contribution is 0.640. The molecule has 0 atom stereocenters. The number of aryl methyl sites for hydroxylation is 2. The van der Waals surface area contributed by atoms with E-state index < -0.39 is 0 Å². The van der Waals surface area contributed by atoms with Gasteiger partial charge in [0, 0.05) is 50.7 Å². The molecule has 6 heteroatoms. The summed E-state index contributed by atoms with van der Waals surface area (Å²) in [5.74, 6) is 3.80. The van der Waals surface area contributed by atoms with Crippen LogP contribution in [0.25, 0.3) is 0 Å². The van der Waals surface area contributed by atoms with E-state index in [1.807, 2.05) is 25.3 Å². The Bertz CT molecular complexity index is 951. The lowest BCUT2D eigenvalue weighted by Crippen LogP contribution is -2.47. The molecule has 0 unspecified atom stereocenters. The van der Waals surface area contributed by atoms with E-state index >= 15 is 0 Å². The van der Waals surface area contributed by atoms with Crippen LogP contribution in [0.5, 0.6) is 0 Å². The molecule has 1 aliphatic rings. The third kappa shape index (κ3) is 4.31. The van der Waals surface area contributed by atoms with Gasteiger partial charge in [-0.05, 0) is 50.6 Å². The smallest absolute Gasteiger partial charge is 0.138 e. The monoisotopic (exact) mass is 388 g/mol. The highest BCUT2D eigenvalue weighted by atomic mass is 15.3. The van der Waals surface area contributed by atoms with Crippen LogP contribution in [-0.4, -0.2) is 47.7 Å². The first kappa shape index (κ1) is 19.2. The van der Waals surface area contributed by atoms with Crippen molar-refractivity contribution in [3.05, 3.63) is 66.1 Å². The second-order valence-corrected chi connectivity index (χ2v) is 7.38. The molecule has 1 fully saturated rings. The number of piperazine rings is 1. The van der Waals surface area contributed by atoms with Crippen molar-refractivity contribution in [1.82, 2.24) is 15.0 Å². The molecule has 3 aromatic rings. The zero-order chi connectivity index (χ0) is 20.2. The van der Waals surface area contributed by atoms with Crippen molar-refractivity contribution < 1.29 is 0 Å². The van der Waals surface area contributed by atoms with Crippen molar-refractivity contribution in [3.63, 3.8) is 0 Å². The molecule has 1 saturated heterocycles. The van der Waals surface area contributed by atoms with Gasteiger partial charge in [-0.25, -0.2) is 15.0 Å². The second-order valence-electron chi connectivity index (χ2n) is 7.38. The Morgan fingerprint density at radius 3 is 2.28 bits per heavy atom. The van der Waals surface area contributed by atoms with Crippen molar-refractivity contribution in [3.8, 4) is 0 Å². The first-order valence-corrected chi connectivity index (χ1v) is 10.2. The van der Waals surface area contributed by atoms with Gasteiger partial charge in [0.25, 0.3) is 0 Å². The van der Waals surface area contributed by atoms with Crippen LogP contribution in [0.2, 0.25) is 0 Å². The number of rotatable bonds is 5. The molecule has 0 amide bonds. The van der Waals surface area contributed by atoms with Crippen molar-refractivity contribution in [2.75, 3.05) is 47.4 Å². The van der Waals surface area contributed by atoms with Crippen LogP contribution >= 0.6 is 0 Å². The predicted octanol–water partition coefficient (Wildman–Crippen LogP) is 3.97. The SMILES string of the molecule is CCN(c1cccc(C)c1)c1cc(N2CCN(c3ccccn3)CC2)nc(C)n1. The van der Waals surface area contributed by atoms with Gasteiger partial charge in [-0.2, -0.15) is 0 Å². The van der Waals surface area contributed by atoms with Crippen molar-refractivity contribution in [2.45, 2.75) is 20.8 Å². The van der Waals surface area contributed by atoms with Gasteiger partial charge in [0.05, 0.1) is 0 Å². The quantitative estimate of drug-likeness (QED) is 0.659. The van der Waals surface area contributed by atoms with Gasteiger partial charge in [-0.15, -0.1) is 0 Å². The highest BCUT2D eigenvalue weighted by Gasteiger charge is 2.21. The highest BCUT2D eigenvalue weighted by molar-refractivity contribution is 5.63. The average Bonchev–Trinajstić information content (AvgIpc) is 2.75. The molecule has 0 aliphatic carbocycles. The molecule has 3 heterocycles. The van der Waals surface area contributed by atoms with Crippen LogP contribution in [0.15, 0.2) is 54.7 Å². The molecule has 6 nitrogen and oxygen atoms in total. The average molecular weight is 389 g/mol. The zero-order valence-electron chi connectivity index (χ0n) is 17.4. The maximum absolute atomic E-state index is 4.74. The van der Waals surface area contributed by atoms with Crippen molar-refractivity contribution >= 4 is 23.1 Å². The summed E-state index contributed by atoms with van der Waals surface area (Å²) in [6.45, 7) is 10.8. The van der Waals surface area contributed by atoms with Gasteiger partial charge in [-0.1, -0.05) is 18.2 Å². The van der Waals surface area contributed by atoms with Gasteiger partial charge in [0.15, 0.2) is 0 Å². The lowest BCUT2D eigenvalue weighted by atomic mass is 10.2. The highest BCUT2D eigenvalue weighted by Crippen LogP contribution is 2.27. The Kier molecular flexibility index (Phi) is 5.60. The Balaban J connectivity index is 1.54. The number of pyridine rings is 1. The number of hydrogen-bond donors (Lipinski definition) is 0. The second kappa shape index (κ2) is 8.47. The fourth-order valence-corrected chi connectivity index (χ4v) is 3.82. The summed E-state index contributed by atoms with van der Waals surface area (Å²) in [6.07, 6.45) is 1.85. The van der Waals surface area contributed by atoms with Crippen LogP contribution in [0, 0.1) is 13.8 Å². The van der Waals surface area contributed by atoms with Gasteiger partial charge in [0.2, 0.25) is 0 Å². The number of aromatic nitrogens is 3. The van der Waals surface area contributed by atoms with E-state index in [-0.39, 0.29) is 0 Å². The lowest BCUT2D eigenvalue weighted by Gasteiger charge is -2.36. The van der Waals surface area contributed by atoms with Gasteiger partial charge in [-0.3, -0.25) is 0 Å². The molecule has 0 radical (unpaired) electrons. The van der Waals surface area contributed by atoms with Gasteiger partial charge >= 0.3 is 0 Å². The molecular weight excluding hydrogens is 360 g/mol. The molecule has 0 saturated carbocycles. The van der Waals surface area contributed by atoms with E-state index in [4.69, 9.17) is 9.97 Å². The maximum Gasteiger partial charge on any atom is 0.138 e. The molecule has 29 heavy (non-hydrogen) atoms. The zero-order valence-corrected chi connectivity index (χ0v) is 17.4. The summed E-state index contributed by atoms with van der Waals surface area (Å²) < 4.78 is 0. The first-order chi connectivity index (χ1) is 14.1. The molecule has 0 bridgehead atoms. The summed E-state index contributed by atoms with van der Waals surface area (Å²) in [5.41, 5.74) is 2.41. The van der Waals surface area contributed by atoms with E-state index in [0.717, 1.165) is 61.7 Å². The summed E-state index contributed by atoms with van der Waals surface area (Å²) in [7, 11) is 0. The Labute approximate surface area is 172 Å². The van der Waals surface area contributed by atoms with E-state index in [9.17, 15) is 0 Å². The van der Waals surface area contributed by atoms with E-state index in [0.29, 0.717) is 0 Å². The van der Waals surface area contributed by atoms with Crippen LogP contribution in [-0.2, 0) is 0 Å². The standard InChI is InChI=1S/C23H28N6/c1-4-29(20-9-7-8-18(2)16-20)23-17-22(25-19(3)26-23)28-14-12-27(13-15-28)21-10-5-6-11-24-21/h5-11,16-17H,4,12-15H2,1-3H3. The van der Waals surface area contributed by atoms with Gasteiger partial charge < -0.3 is 14.7 Å². The maximum atomic E-state index is 4.74. The fraction of sp³-hybridized carbons (Fsp3) is 0.348. The van der Waals surface area contributed by atoms with Crippen LogP contribution < -0.4 is 14.7 Å². The minimum Gasteiger partial charge on any atom is -0.353 e. The predicted molar refractivity (Wildman–Crippen MR) is 119 cm³/mol. The fourth-order valence-electron chi connectivity index (χ4n) is 3.82. The Morgan fingerprint density at radius 2 is 1.62 bits per heavy atom. The van der Waals surface area contributed by atoms with E-state index in [2.05, 4.69) is 69.9 Å². The van der Waals surface area contributed by atoms with Crippen LogP contribution in [0.3, 0.4) is 0 Å². The summed E-state index contributed by atoms with van der Waals surface area (Å²) in [6, 6.07) is 16.7. The third-order valence-electron chi connectivity index (χ3n) is 5.29. The summed E-state index contributed by atoms with van der Waals surface area (Å²) in [4.78, 5) is 20.9. The summed E-state index contributed by atoms with van der Waals surface area (Å²) in [5, 5.41) is 0. The van der Waals surface area contributed by atoms with Crippen molar-refractivity contribution in [2.24, 2.45) is 0 Å². The molecule has 0 N–H and O–H groups in total. The first-order valence-electron chi connectivity index (χ1n) is 10.2. The largest absolute Gasteiger partial charge is 0.353 e. The molecular formula is C23H28N6. The van der Waals surface area contributed by atoms with Crippen LogP contribution in [0.4, 0.5) is 23.1 Å². The number of benzene rings is 1. The van der Waals surface area contributed by atoms with Crippen LogP contribution in [0.1, 0.15) is 18.3 Å². The normalized spacial score (nSPS) is 14.2.